The van der Waals surface area contributed by atoms with Crippen LogP contribution in [0, 0.1) is 34.5 Å². The van der Waals surface area contributed by atoms with Gasteiger partial charge < -0.3 is 5.11 Å². The molecule has 0 heterocycles. The molecule has 0 radical (unpaired) electrons. The fraction of sp³-hybridized carbons (Fsp3) is 0.909. The zero-order valence-electron chi connectivity index (χ0n) is 15.1. The molecule has 0 aromatic heterocycles. The Labute approximate surface area is 141 Å². The molecule has 128 valence electrons. The highest BCUT2D eigenvalue weighted by Crippen LogP contribution is 2.68. The van der Waals surface area contributed by atoms with Crippen LogP contribution in [0.25, 0.3) is 0 Å². The van der Waals surface area contributed by atoms with Gasteiger partial charge in [-0.2, -0.15) is 0 Å². The van der Waals surface area contributed by atoms with Gasteiger partial charge in [0.1, 0.15) is 0 Å². The van der Waals surface area contributed by atoms with Crippen LogP contribution in [0.4, 0.5) is 0 Å². The Morgan fingerprint density at radius 2 is 1.70 bits per heavy atom. The summed E-state index contributed by atoms with van der Waals surface area (Å²) in [4.78, 5) is 0. The van der Waals surface area contributed by atoms with Crippen LogP contribution in [0.5, 0.6) is 0 Å². The lowest BCUT2D eigenvalue weighted by Gasteiger charge is -2.60. The highest BCUT2D eigenvalue weighted by molar-refractivity contribution is 5.35. The standard InChI is InChI=1S/C22H34O/c1-21-11-9-16(23)13-15(21)5-6-17-19-8-7-18(14-3-4-14)22(19,2)12-10-20(17)21/h15-17,19-20,23H,3-13H2,1-2H3. The molecule has 5 fully saturated rings. The van der Waals surface area contributed by atoms with Gasteiger partial charge in [-0.25, -0.2) is 0 Å². The van der Waals surface area contributed by atoms with Crippen LogP contribution in [0.1, 0.15) is 84.5 Å². The number of aliphatic hydroxyl groups excluding tert-OH is 1. The van der Waals surface area contributed by atoms with E-state index in [9.17, 15) is 5.11 Å². The molecule has 0 bridgehead atoms. The van der Waals surface area contributed by atoms with Crippen molar-refractivity contribution >= 4 is 0 Å². The Morgan fingerprint density at radius 1 is 0.870 bits per heavy atom. The van der Waals surface area contributed by atoms with Crippen molar-refractivity contribution in [3.63, 3.8) is 0 Å². The van der Waals surface area contributed by atoms with Gasteiger partial charge in [0.2, 0.25) is 0 Å². The molecule has 1 N–H and O–H groups in total. The summed E-state index contributed by atoms with van der Waals surface area (Å²) in [6.45, 7) is 5.25. The van der Waals surface area contributed by atoms with Crippen molar-refractivity contribution in [3.8, 4) is 0 Å². The number of hydrogen-bond acceptors (Lipinski definition) is 1. The average molecular weight is 315 g/mol. The van der Waals surface area contributed by atoms with Crippen molar-refractivity contribution < 1.29 is 5.11 Å². The molecule has 5 aliphatic rings. The van der Waals surface area contributed by atoms with Crippen molar-refractivity contribution in [1.29, 1.82) is 0 Å². The van der Waals surface area contributed by atoms with E-state index in [1.807, 2.05) is 11.1 Å². The summed E-state index contributed by atoms with van der Waals surface area (Å²) < 4.78 is 0. The topological polar surface area (TPSA) is 20.2 Å². The van der Waals surface area contributed by atoms with Gasteiger partial charge in [0, 0.05) is 0 Å². The first-order valence-electron chi connectivity index (χ1n) is 10.4. The maximum atomic E-state index is 10.1. The Balaban J connectivity index is 1.46. The lowest BCUT2D eigenvalue weighted by Crippen LogP contribution is -2.53. The zero-order chi connectivity index (χ0) is 15.8. The second kappa shape index (κ2) is 4.87. The second-order valence-electron chi connectivity index (χ2n) is 10.2. The van der Waals surface area contributed by atoms with Crippen molar-refractivity contribution in [2.45, 2.75) is 90.6 Å². The first-order valence-corrected chi connectivity index (χ1v) is 10.4. The number of allylic oxidation sites excluding steroid dienone is 2. The van der Waals surface area contributed by atoms with Gasteiger partial charge in [-0.15, -0.1) is 0 Å². The Morgan fingerprint density at radius 3 is 2.48 bits per heavy atom. The lowest BCUT2D eigenvalue weighted by molar-refractivity contribution is -0.116. The SMILES string of the molecule is CC12CCC3C(CCC4CC(O)CCC43C)C1CCC2=C1CC1. The van der Waals surface area contributed by atoms with E-state index in [1.54, 1.807) is 0 Å². The quantitative estimate of drug-likeness (QED) is 0.587. The molecule has 0 aliphatic heterocycles. The third-order valence-corrected chi connectivity index (χ3v) is 9.35. The lowest BCUT2D eigenvalue weighted by atomic mass is 9.45. The molecular weight excluding hydrogens is 280 g/mol. The van der Waals surface area contributed by atoms with Gasteiger partial charge >= 0.3 is 0 Å². The van der Waals surface area contributed by atoms with Crippen LogP contribution in [0.2, 0.25) is 0 Å². The smallest absolute Gasteiger partial charge is 0.0543 e. The third kappa shape index (κ3) is 2.01. The molecule has 0 saturated heterocycles. The normalized spacial score (nSPS) is 55.2. The molecule has 1 nitrogen and oxygen atoms in total. The fourth-order valence-electron chi connectivity index (χ4n) is 7.99. The van der Waals surface area contributed by atoms with Gasteiger partial charge in [0.05, 0.1) is 6.10 Å². The van der Waals surface area contributed by atoms with E-state index < -0.39 is 0 Å². The summed E-state index contributed by atoms with van der Waals surface area (Å²) in [6, 6.07) is 0. The minimum Gasteiger partial charge on any atom is -0.393 e. The Kier molecular flexibility index (Phi) is 3.17. The summed E-state index contributed by atoms with van der Waals surface area (Å²) in [5.41, 5.74) is 4.89. The Bertz CT molecular complexity index is 542. The maximum absolute atomic E-state index is 10.1. The van der Waals surface area contributed by atoms with E-state index in [2.05, 4.69) is 13.8 Å². The molecule has 7 atom stereocenters. The number of fused-ring (bicyclic) bond motifs is 5. The third-order valence-electron chi connectivity index (χ3n) is 9.35. The van der Waals surface area contributed by atoms with Crippen molar-refractivity contribution in [2.24, 2.45) is 34.5 Å². The highest BCUT2D eigenvalue weighted by Gasteiger charge is 2.59. The summed E-state index contributed by atoms with van der Waals surface area (Å²) in [6.07, 6.45) is 15.0. The molecule has 0 spiro atoms. The highest BCUT2D eigenvalue weighted by atomic mass is 16.3. The molecule has 1 heteroatoms. The summed E-state index contributed by atoms with van der Waals surface area (Å²) >= 11 is 0. The molecule has 0 amide bonds. The van der Waals surface area contributed by atoms with Crippen LogP contribution in [-0.4, -0.2) is 11.2 Å². The van der Waals surface area contributed by atoms with Crippen molar-refractivity contribution in [2.75, 3.05) is 0 Å². The van der Waals surface area contributed by atoms with Gasteiger partial charge in [0.15, 0.2) is 0 Å². The molecule has 5 rings (SSSR count). The van der Waals surface area contributed by atoms with Crippen LogP contribution in [0.15, 0.2) is 11.1 Å². The summed E-state index contributed by atoms with van der Waals surface area (Å²) in [5.74, 6) is 3.73. The monoisotopic (exact) mass is 314 g/mol. The average Bonchev–Trinajstić information content (AvgIpc) is 3.29. The number of rotatable bonds is 0. The van der Waals surface area contributed by atoms with Gasteiger partial charge in [-0.05, 0) is 105 Å². The first kappa shape index (κ1) is 15.0. The molecule has 5 saturated carbocycles. The first-order chi connectivity index (χ1) is 11.0. The molecule has 7 unspecified atom stereocenters. The summed E-state index contributed by atoms with van der Waals surface area (Å²) in [7, 11) is 0. The predicted molar refractivity (Wildman–Crippen MR) is 94.0 cm³/mol. The minimum absolute atomic E-state index is 0.00355. The molecule has 0 aromatic rings. The zero-order valence-corrected chi connectivity index (χ0v) is 15.1. The predicted octanol–water partition coefficient (Wildman–Crippen LogP) is 5.48. The van der Waals surface area contributed by atoms with Gasteiger partial charge in [-0.3, -0.25) is 0 Å². The minimum atomic E-state index is -0.00355. The fourth-order valence-corrected chi connectivity index (χ4v) is 7.99. The molecule has 5 aliphatic carbocycles. The number of aliphatic hydroxyl groups is 1. The van der Waals surface area contributed by atoms with E-state index in [1.165, 1.54) is 57.8 Å². The summed E-state index contributed by atoms with van der Waals surface area (Å²) in [5, 5.41) is 10.1. The second-order valence-corrected chi connectivity index (χ2v) is 10.2. The van der Waals surface area contributed by atoms with Crippen LogP contribution in [-0.2, 0) is 0 Å². The Hall–Kier alpha value is -0.300. The van der Waals surface area contributed by atoms with Crippen molar-refractivity contribution in [3.05, 3.63) is 11.1 Å². The molecular formula is C22H34O. The largest absolute Gasteiger partial charge is 0.393 e. The van der Waals surface area contributed by atoms with Crippen LogP contribution >= 0.6 is 0 Å². The number of hydrogen-bond donors (Lipinski definition) is 1. The molecule has 23 heavy (non-hydrogen) atoms. The van der Waals surface area contributed by atoms with Crippen LogP contribution < -0.4 is 0 Å². The van der Waals surface area contributed by atoms with E-state index in [0.29, 0.717) is 10.8 Å². The molecule has 0 aromatic carbocycles. The van der Waals surface area contributed by atoms with Crippen molar-refractivity contribution in [1.82, 2.24) is 0 Å². The van der Waals surface area contributed by atoms with E-state index in [-0.39, 0.29) is 6.10 Å². The van der Waals surface area contributed by atoms with Crippen LogP contribution in [0.3, 0.4) is 0 Å². The van der Waals surface area contributed by atoms with Gasteiger partial charge in [0.25, 0.3) is 0 Å². The van der Waals surface area contributed by atoms with E-state index >= 15 is 0 Å². The van der Waals surface area contributed by atoms with E-state index in [0.717, 1.165) is 36.5 Å². The van der Waals surface area contributed by atoms with E-state index in [4.69, 9.17) is 0 Å². The maximum Gasteiger partial charge on any atom is 0.0543 e. The van der Waals surface area contributed by atoms with Gasteiger partial charge in [-0.1, -0.05) is 25.0 Å².